The van der Waals surface area contributed by atoms with Crippen molar-refractivity contribution in [3.05, 3.63) is 41.8 Å². The Bertz CT molecular complexity index is 826. The van der Waals surface area contributed by atoms with Gasteiger partial charge in [0.05, 0.1) is 17.9 Å². The fourth-order valence-corrected chi connectivity index (χ4v) is 3.75. The van der Waals surface area contributed by atoms with Gasteiger partial charge in [0.2, 0.25) is 5.91 Å². The maximum atomic E-state index is 14.2. The molecule has 0 radical (unpaired) electrons. The van der Waals surface area contributed by atoms with Crippen molar-refractivity contribution >= 4 is 5.91 Å². The fourth-order valence-electron chi connectivity index (χ4n) is 3.75. The molecule has 8 heteroatoms. The number of amides is 1. The van der Waals surface area contributed by atoms with E-state index in [-0.39, 0.29) is 29.7 Å². The number of hydrogen-bond donors (Lipinski definition) is 3. The maximum absolute atomic E-state index is 14.2. The Morgan fingerprint density at radius 3 is 2.59 bits per heavy atom. The van der Waals surface area contributed by atoms with Crippen molar-refractivity contribution in [3.63, 3.8) is 0 Å². The van der Waals surface area contributed by atoms with Gasteiger partial charge in [-0.3, -0.25) is 20.3 Å². The highest BCUT2D eigenvalue weighted by molar-refractivity contribution is 5.76. The van der Waals surface area contributed by atoms with Crippen LogP contribution in [0.15, 0.2) is 30.3 Å². The van der Waals surface area contributed by atoms with Crippen molar-refractivity contribution in [1.82, 2.24) is 30.8 Å². The van der Waals surface area contributed by atoms with E-state index in [4.69, 9.17) is 0 Å². The predicted octanol–water partition coefficient (Wildman–Crippen LogP) is 1.76. The lowest BCUT2D eigenvalue weighted by atomic mass is 9.93. The van der Waals surface area contributed by atoms with Crippen molar-refractivity contribution in [1.29, 1.82) is 0 Å². The van der Waals surface area contributed by atoms with Crippen molar-refractivity contribution in [2.75, 3.05) is 20.6 Å². The standard InChI is InChI=1S/C21H31FN6O/c1-14-18(15(2)25-24-14)12-21(29)23-9-10-28-16(13-27(3)4)11-20(26-28)17-7-5-6-8-19(17)22/h5-8,11,14-15,18,24-25H,9-10,12-13H2,1-4H3,(H,23,29). The third kappa shape index (κ3) is 5.41. The number of carbonyl (C=O) groups is 1. The first-order valence-corrected chi connectivity index (χ1v) is 10.1. The van der Waals surface area contributed by atoms with Crippen LogP contribution in [0.3, 0.4) is 0 Å². The van der Waals surface area contributed by atoms with Crippen LogP contribution < -0.4 is 16.2 Å². The highest BCUT2D eigenvalue weighted by Crippen LogP contribution is 2.23. The number of nitrogens with zero attached hydrogens (tertiary/aromatic N) is 3. The van der Waals surface area contributed by atoms with Crippen molar-refractivity contribution in [2.45, 2.75) is 45.4 Å². The minimum Gasteiger partial charge on any atom is -0.354 e. The number of nitrogens with one attached hydrogen (secondary N) is 3. The quantitative estimate of drug-likeness (QED) is 0.628. The molecule has 3 rings (SSSR count). The molecule has 7 nitrogen and oxygen atoms in total. The van der Waals surface area contributed by atoms with Crippen LogP contribution >= 0.6 is 0 Å². The largest absolute Gasteiger partial charge is 0.354 e. The van der Waals surface area contributed by atoms with E-state index in [1.165, 1.54) is 6.07 Å². The summed E-state index contributed by atoms with van der Waals surface area (Å²) in [6, 6.07) is 9.08. The van der Waals surface area contributed by atoms with Crippen LogP contribution in [0.1, 0.15) is 26.0 Å². The first kappa shape index (κ1) is 21.4. The van der Waals surface area contributed by atoms with Crippen molar-refractivity contribution in [3.8, 4) is 11.3 Å². The Labute approximate surface area is 171 Å². The Balaban J connectivity index is 1.63. The monoisotopic (exact) mass is 402 g/mol. The third-order valence-electron chi connectivity index (χ3n) is 5.38. The predicted molar refractivity (Wildman–Crippen MR) is 111 cm³/mol. The van der Waals surface area contributed by atoms with Crippen LogP contribution in [-0.4, -0.2) is 53.3 Å². The summed E-state index contributed by atoms with van der Waals surface area (Å²) in [5, 5.41) is 7.59. The van der Waals surface area contributed by atoms with E-state index in [0.29, 0.717) is 37.3 Å². The maximum Gasteiger partial charge on any atom is 0.220 e. The van der Waals surface area contributed by atoms with Crippen molar-refractivity contribution in [2.24, 2.45) is 5.92 Å². The number of hydrogen-bond acceptors (Lipinski definition) is 5. The first-order chi connectivity index (χ1) is 13.8. The minimum atomic E-state index is -0.288. The SMILES string of the molecule is CC1NNC(C)C1CC(=O)NCCn1nc(-c2ccccc2F)cc1CN(C)C. The van der Waals surface area contributed by atoms with Gasteiger partial charge in [0.15, 0.2) is 0 Å². The summed E-state index contributed by atoms with van der Waals surface area (Å²) in [5.74, 6) is 0.00962. The molecule has 1 amide bonds. The van der Waals surface area contributed by atoms with Gasteiger partial charge in [-0.05, 0) is 46.1 Å². The second kappa shape index (κ2) is 9.47. The molecule has 2 atom stereocenters. The molecular weight excluding hydrogens is 371 g/mol. The number of carbonyl (C=O) groups excluding carboxylic acids is 1. The zero-order chi connectivity index (χ0) is 21.0. The second-order valence-electron chi connectivity index (χ2n) is 8.05. The summed E-state index contributed by atoms with van der Waals surface area (Å²) >= 11 is 0. The lowest BCUT2D eigenvalue weighted by Crippen LogP contribution is -2.34. The van der Waals surface area contributed by atoms with Crippen LogP contribution in [0.2, 0.25) is 0 Å². The van der Waals surface area contributed by atoms with Crippen LogP contribution in [0.25, 0.3) is 11.3 Å². The molecule has 2 aromatic rings. The van der Waals surface area contributed by atoms with Gasteiger partial charge in [0.25, 0.3) is 0 Å². The zero-order valence-electron chi connectivity index (χ0n) is 17.6. The molecule has 2 heterocycles. The van der Waals surface area contributed by atoms with Crippen LogP contribution in [-0.2, 0) is 17.9 Å². The van der Waals surface area contributed by atoms with E-state index in [1.807, 2.05) is 29.7 Å². The molecule has 1 fully saturated rings. The van der Waals surface area contributed by atoms with E-state index in [2.05, 4.69) is 35.1 Å². The average Bonchev–Trinajstić information content (AvgIpc) is 3.19. The van der Waals surface area contributed by atoms with Gasteiger partial charge in [-0.25, -0.2) is 4.39 Å². The molecule has 1 aliphatic heterocycles. The number of rotatable bonds is 8. The molecule has 1 aliphatic rings. The molecule has 0 aliphatic carbocycles. The van der Waals surface area contributed by atoms with E-state index in [0.717, 1.165) is 5.69 Å². The highest BCUT2D eigenvalue weighted by atomic mass is 19.1. The summed E-state index contributed by atoms with van der Waals surface area (Å²) in [7, 11) is 3.96. The topological polar surface area (TPSA) is 74.2 Å². The van der Waals surface area contributed by atoms with Gasteiger partial charge in [-0.1, -0.05) is 12.1 Å². The highest BCUT2D eigenvalue weighted by Gasteiger charge is 2.31. The van der Waals surface area contributed by atoms with E-state index < -0.39 is 0 Å². The summed E-state index contributed by atoms with van der Waals surface area (Å²) in [5.41, 5.74) is 8.43. The van der Waals surface area contributed by atoms with Gasteiger partial charge in [-0.2, -0.15) is 5.10 Å². The lowest BCUT2D eigenvalue weighted by Gasteiger charge is -2.17. The van der Waals surface area contributed by atoms with E-state index in [9.17, 15) is 9.18 Å². The molecule has 29 heavy (non-hydrogen) atoms. The van der Waals surface area contributed by atoms with Gasteiger partial charge in [0, 0.05) is 43.1 Å². The first-order valence-electron chi connectivity index (χ1n) is 10.1. The van der Waals surface area contributed by atoms with E-state index >= 15 is 0 Å². The molecule has 0 spiro atoms. The Kier molecular flexibility index (Phi) is 7.00. The normalized spacial score (nSPS) is 21.7. The van der Waals surface area contributed by atoms with Crippen LogP contribution in [0.5, 0.6) is 0 Å². The van der Waals surface area contributed by atoms with Gasteiger partial charge in [-0.15, -0.1) is 0 Å². The molecule has 1 saturated heterocycles. The summed E-state index contributed by atoms with van der Waals surface area (Å²) in [6.07, 6.45) is 0.479. The third-order valence-corrected chi connectivity index (χ3v) is 5.38. The minimum absolute atomic E-state index is 0.0369. The summed E-state index contributed by atoms with van der Waals surface area (Å²) < 4.78 is 16.0. The van der Waals surface area contributed by atoms with Crippen LogP contribution in [0, 0.1) is 11.7 Å². The Hall–Kier alpha value is -2.29. The second-order valence-corrected chi connectivity index (χ2v) is 8.05. The van der Waals surface area contributed by atoms with Crippen molar-refractivity contribution < 1.29 is 9.18 Å². The van der Waals surface area contributed by atoms with Crippen LogP contribution in [0.4, 0.5) is 4.39 Å². The van der Waals surface area contributed by atoms with Gasteiger partial charge >= 0.3 is 0 Å². The lowest BCUT2D eigenvalue weighted by molar-refractivity contribution is -0.122. The smallest absolute Gasteiger partial charge is 0.220 e. The zero-order valence-corrected chi connectivity index (χ0v) is 17.6. The van der Waals surface area contributed by atoms with E-state index in [1.54, 1.807) is 18.2 Å². The summed E-state index contributed by atoms with van der Waals surface area (Å²) in [6.45, 7) is 5.86. The molecule has 0 saturated carbocycles. The molecule has 0 bridgehead atoms. The van der Waals surface area contributed by atoms with Gasteiger partial charge < -0.3 is 10.2 Å². The Morgan fingerprint density at radius 1 is 1.24 bits per heavy atom. The number of aromatic nitrogens is 2. The molecule has 158 valence electrons. The van der Waals surface area contributed by atoms with Gasteiger partial charge in [0.1, 0.15) is 5.82 Å². The molecule has 1 aromatic heterocycles. The number of benzene rings is 1. The fraction of sp³-hybridized carbons (Fsp3) is 0.524. The molecule has 2 unspecified atom stereocenters. The number of halogens is 1. The average molecular weight is 403 g/mol. The molecule has 3 N–H and O–H groups in total. The summed E-state index contributed by atoms with van der Waals surface area (Å²) in [4.78, 5) is 14.4. The molecular formula is C21H31FN6O. The Morgan fingerprint density at radius 2 is 1.93 bits per heavy atom. The molecule has 1 aromatic carbocycles. The number of hydrazine groups is 1.